The van der Waals surface area contributed by atoms with Crippen LogP contribution in [0.2, 0.25) is 0 Å². The topological polar surface area (TPSA) is 24.7 Å². The lowest BCUT2D eigenvalue weighted by Gasteiger charge is -2.65. The summed E-state index contributed by atoms with van der Waals surface area (Å²) in [6.07, 6.45) is 5.08. The van der Waals surface area contributed by atoms with Gasteiger partial charge in [0.15, 0.2) is 0 Å². The molecule has 2 spiro atoms. The molecular formula is C18H32N2S. The maximum absolute atomic E-state index is 5.09. The average Bonchev–Trinajstić information content (AvgIpc) is 2.70. The van der Waals surface area contributed by atoms with Crippen molar-refractivity contribution in [2.45, 2.75) is 90.8 Å². The van der Waals surface area contributed by atoms with Crippen LogP contribution in [-0.2, 0) is 0 Å². The lowest BCUT2D eigenvalue weighted by molar-refractivity contribution is -0.0428. The first kappa shape index (κ1) is 15.8. The summed E-state index contributed by atoms with van der Waals surface area (Å²) in [7, 11) is 0. The lowest BCUT2D eigenvalue weighted by Crippen LogP contribution is -2.65. The Morgan fingerprint density at radius 2 is 1.00 bits per heavy atom. The van der Waals surface area contributed by atoms with Crippen LogP contribution < -0.4 is 0 Å². The van der Waals surface area contributed by atoms with E-state index in [9.17, 15) is 0 Å². The van der Waals surface area contributed by atoms with E-state index in [1.54, 1.807) is 0 Å². The highest BCUT2D eigenvalue weighted by Crippen LogP contribution is 2.78. The highest BCUT2D eigenvalue weighted by molar-refractivity contribution is 8.02. The molecule has 0 saturated heterocycles. The quantitative estimate of drug-likeness (QED) is 0.517. The molecule has 21 heavy (non-hydrogen) atoms. The average molecular weight is 309 g/mol. The molecule has 2 saturated carbocycles. The largest absolute Gasteiger partial charge is 0.174 e. The van der Waals surface area contributed by atoms with E-state index in [2.05, 4.69) is 67.2 Å². The van der Waals surface area contributed by atoms with Crippen LogP contribution in [0.1, 0.15) is 81.1 Å². The minimum Gasteiger partial charge on any atom is -0.174 e. The van der Waals surface area contributed by atoms with Gasteiger partial charge in [-0.2, -0.15) is 10.2 Å². The summed E-state index contributed by atoms with van der Waals surface area (Å²) in [5.41, 5.74) is 0.928. The molecule has 0 aromatic heterocycles. The predicted octanol–water partition coefficient (Wildman–Crippen LogP) is 6.27. The van der Waals surface area contributed by atoms with Crippen molar-refractivity contribution in [3.63, 3.8) is 0 Å². The van der Waals surface area contributed by atoms with Crippen molar-refractivity contribution in [1.82, 2.24) is 0 Å². The van der Waals surface area contributed by atoms with E-state index >= 15 is 0 Å². The Morgan fingerprint density at radius 1 is 0.619 bits per heavy atom. The Labute approximate surface area is 134 Å². The molecule has 2 nitrogen and oxygen atoms in total. The van der Waals surface area contributed by atoms with Gasteiger partial charge in [0.05, 0.1) is 0 Å². The first-order valence-electron chi connectivity index (χ1n) is 8.47. The van der Waals surface area contributed by atoms with E-state index in [4.69, 9.17) is 10.2 Å². The van der Waals surface area contributed by atoms with E-state index in [-0.39, 0.29) is 31.4 Å². The molecule has 0 aromatic carbocycles. The monoisotopic (exact) mass is 308 g/mol. The second kappa shape index (κ2) is 3.88. The van der Waals surface area contributed by atoms with E-state index in [0.29, 0.717) is 0 Å². The summed E-state index contributed by atoms with van der Waals surface area (Å²) >= 11 is 2.12. The first-order chi connectivity index (χ1) is 9.33. The van der Waals surface area contributed by atoms with E-state index in [0.717, 1.165) is 0 Å². The molecule has 3 aliphatic rings. The zero-order valence-corrected chi connectivity index (χ0v) is 15.9. The van der Waals surface area contributed by atoms with Crippen LogP contribution in [0.5, 0.6) is 0 Å². The Bertz CT molecular complexity index is 469. The zero-order valence-electron chi connectivity index (χ0n) is 15.1. The third-order valence-electron chi connectivity index (χ3n) is 6.78. The second-order valence-electron chi connectivity index (χ2n) is 10.2. The lowest BCUT2D eigenvalue weighted by atomic mass is 9.51. The van der Waals surface area contributed by atoms with Gasteiger partial charge in [-0.25, -0.2) is 0 Å². The summed E-state index contributed by atoms with van der Waals surface area (Å²) in [4.78, 5) is -0.0981. The molecule has 0 N–H and O–H groups in total. The number of thioether (sulfide) groups is 1. The van der Waals surface area contributed by atoms with Crippen molar-refractivity contribution in [2.24, 2.45) is 31.9 Å². The Balaban J connectivity index is 2.09. The maximum Gasteiger partial charge on any atom is 0.139 e. The fraction of sp³-hybridized carbons (Fsp3) is 1.00. The molecule has 1 heterocycles. The molecule has 1 aliphatic heterocycles. The van der Waals surface area contributed by atoms with Gasteiger partial charge >= 0.3 is 0 Å². The minimum absolute atomic E-state index is 0.0358. The molecule has 0 aromatic rings. The zero-order chi connectivity index (χ0) is 15.9. The molecule has 3 rings (SSSR count). The number of rotatable bonds is 0. The number of hydrogen-bond acceptors (Lipinski definition) is 3. The van der Waals surface area contributed by atoms with Crippen molar-refractivity contribution >= 4 is 11.8 Å². The van der Waals surface area contributed by atoms with Crippen LogP contribution in [0.15, 0.2) is 10.2 Å². The normalized spacial score (nSPS) is 35.8. The smallest absolute Gasteiger partial charge is 0.139 e. The highest BCUT2D eigenvalue weighted by atomic mass is 32.2. The van der Waals surface area contributed by atoms with Gasteiger partial charge in [0.2, 0.25) is 0 Å². The van der Waals surface area contributed by atoms with Crippen LogP contribution in [0, 0.1) is 21.7 Å². The predicted molar refractivity (Wildman–Crippen MR) is 91.5 cm³/mol. The van der Waals surface area contributed by atoms with Gasteiger partial charge in [-0.05, 0) is 19.3 Å². The number of hydrogen-bond donors (Lipinski definition) is 0. The van der Waals surface area contributed by atoms with Crippen molar-refractivity contribution in [2.75, 3.05) is 0 Å². The van der Waals surface area contributed by atoms with Crippen LogP contribution in [0.4, 0.5) is 0 Å². The molecule has 120 valence electrons. The maximum atomic E-state index is 5.09. The van der Waals surface area contributed by atoms with Gasteiger partial charge in [0.25, 0.3) is 0 Å². The van der Waals surface area contributed by atoms with Crippen LogP contribution in [0.3, 0.4) is 0 Å². The molecule has 0 bridgehead atoms. The van der Waals surface area contributed by atoms with Crippen LogP contribution in [0.25, 0.3) is 0 Å². The van der Waals surface area contributed by atoms with E-state index in [1.807, 2.05) is 0 Å². The highest BCUT2D eigenvalue weighted by Gasteiger charge is 2.75. The first-order valence-corrected chi connectivity index (χ1v) is 9.29. The summed E-state index contributed by atoms with van der Waals surface area (Å²) in [5, 5.41) is 10.1. The molecule has 0 amide bonds. The van der Waals surface area contributed by atoms with Gasteiger partial charge in [-0.1, -0.05) is 73.6 Å². The molecule has 2 aliphatic carbocycles. The van der Waals surface area contributed by atoms with Gasteiger partial charge < -0.3 is 0 Å². The summed E-state index contributed by atoms with van der Waals surface area (Å²) in [6, 6.07) is 0. The molecule has 2 fully saturated rings. The van der Waals surface area contributed by atoms with Crippen molar-refractivity contribution < 1.29 is 0 Å². The molecule has 0 atom stereocenters. The SMILES string of the molecule is CC1(C)CCCC(C)(C)C12N=NC1(S2)C(C)(C)CC1(C)C. The third kappa shape index (κ3) is 1.62. The van der Waals surface area contributed by atoms with Gasteiger partial charge in [0.1, 0.15) is 9.74 Å². The van der Waals surface area contributed by atoms with E-state index in [1.165, 1.54) is 25.7 Å². The Morgan fingerprint density at radius 3 is 1.38 bits per heavy atom. The Kier molecular flexibility index (Phi) is 2.93. The van der Waals surface area contributed by atoms with E-state index < -0.39 is 0 Å². The van der Waals surface area contributed by atoms with Crippen molar-refractivity contribution in [3.05, 3.63) is 0 Å². The molecule has 0 radical (unpaired) electrons. The fourth-order valence-corrected chi connectivity index (χ4v) is 7.91. The molecule has 0 unspecified atom stereocenters. The van der Waals surface area contributed by atoms with Crippen LogP contribution >= 0.6 is 11.8 Å². The summed E-state index contributed by atoms with van der Waals surface area (Å²) in [5.74, 6) is 0. The third-order valence-corrected chi connectivity index (χ3v) is 9.75. The van der Waals surface area contributed by atoms with Crippen molar-refractivity contribution in [1.29, 1.82) is 0 Å². The minimum atomic E-state index is -0.0623. The van der Waals surface area contributed by atoms with Gasteiger partial charge in [0, 0.05) is 21.7 Å². The Hall–Kier alpha value is -0.0500. The number of azo groups is 1. The second-order valence-corrected chi connectivity index (χ2v) is 11.5. The molecule has 3 heteroatoms. The summed E-state index contributed by atoms with van der Waals surface area (Å²) < 4.78 is 0. The molecular weight excluding hydrogens is 276 g/mol. The van der Waals surface area contributed by atoms with Crippen LogP contribution in [-0.4, -0.2) is 9.74 Å². The fourth-order valence-electron chi connectivity index (χ4n) is 5.87. The van der Waals surface area contributed by atoms with Crippen molar-refractivity contribution in [3.8, 4) is 0 Å². The van der Waals surface area contributed by atoms with Gasteiger partial charge in [-0.3, -0.25) is 0 Å². The standard InChI is InChI=1S/C18H32N2S/c1-13(2)10-9-11-14(3,4)17(13)19-20-18(21-17)15(5,6)12-16(18,7)8/h9-12H2,1-8H3. The summed E-state index contributed by atoms with van der Waals surface area (Å²) in [6.45, 7) is 19.2. The van der Waals surface area contributed by atoms with Gasteiger partial charge in [-0.15, -0.1) is 0 Å². The number of nitrogens with zero attached hydrogens (tertiary/aromatic N) is 2.